The maximum Gasteiger partial charge on any atom is 0.273 e. The zero-order valence-corrected chi connectivity index (χ0v) is 16.5. The lowest BCUT2D eigenvalue weighted by molar-refractivity contribution is -0.384. The molecule has 0 aromatic heterocycles. The number of amides is 1. The second-order valence-electron chi connectivity index (χ2n) is 5.60. The average Bonchev–Trinajstić information content (AvgIpc) is 2.68. The number of nitrogens with one attached hydrogen (secondary N) is 2. The van der Waals surface area contributed by atoms with E-state index in [4.69, 9.17) is 4.74 Å². The largest absolute Gasteiger partial charge is 0.494 e. The molecule has 0 unspecified atom stereocenters. The second kappa shape index (κ2) is 10.1. The first-order valence-corrected chi connectivity index (χ1v) is 8.95. The Balaban J connectivity index is 2.00. The molecule has 0 atom stereocenters. The number of carbonyl (C=O) groups excluding carboxylic acids is 1. The van der Waals surface area contributed by atoms with Gasteiger partial charge in [-0.05, 0) is 30.2 Å². The van der Waals surface area contributed by atoms with Crippen LogP contribution in [0.1, 0.15) is 5.56 Å². The Hall–Kier alpha value is -3.38. The lowest BCUT2D eigenvalue weighted by Crippen LogP contribution is -2.18. The molecule has 8 nitrogen and oxygen atoms in total. The zero-order valence-electron chi connectivity index (χ0n) is 14.9. The van der Waals surface area contributed by atoms with E-state index in [0.29, 0.717) is 13.0 Å². The van der Waals surface area contributed by atoms with E-state index < -0.39 is 10.8 Å². The third-order valence-corrected chi connectivity index (χ3v) is 4.20. The van der Waals surface area contributed by atoms with E-state index in [1.165, 1.54) is 31.5 Å². The van der Waals surface area contributed by atoms with Crippen molar-refractivity contribution in [3.05, 3.63) is 74.4 Å². The molecule has 2 aromatic carbocycles. The molecule has 0 saturated carbocycles. The van der Waals surface area contributed by atoms with Crippen molar-refractivity contribution in [2.24, 2.45) is 0 Å². The Morgan fingerprint density at radius 2 is 2.14 bits per heavy atom. The number of anilines is 1. The van der Waals surface area contributed by atoms with Gasteiger partial charge in [0.05, 0.1) is 23.8 Å². The summed E-state index contributed by atoms with van der Waals surface area (Å²) >= 11 is 3.40. The van der Waals surface area contributed by atoms with E-state index in [0.717, 1.165) is 10.0 Å². The number of methoxy groups -OCH3 is 1. The van der Waals surface area contributed by atoms with Gasteiger partial charge in [0, 0.05) is 23.3 Å². The highest BCUT2D eigenvalue weighted by atomic mass is 79.9. The maximum absolute atomic E-state index is 12.3. The molecule has 144 valence electrons. The molecular formula is C19H17BrN4O4. The Morgan fingerprint density at radius 3 is 2.79 bits per heavy atom. The Bertz CT molecular complexity index is 953. The summed E-state index contributed by atoms with van der Waals surface area (Å²) in [5, 5.41) is 25.5. The third kappa shape index (κ3) is 5.82. The van der Waals surface area contributed by atoms with Crippen molar-refractivity contribution in [1.29, 1.82) is 5.26 Å². The molecule has 2 N–H and O–H groups in total. The van der Waals surface area contributed by atoms with Gasteiger partial charge in [0.25, 0.3) is 11.6 Å². The van der Waals surface area contributed by atoms with E-state index in [2.05, 4.69) is 26.6 Å². The van der Waals surface area contributed by atoms with Crippen LogP contribution in [0, 0.1) is 21.4 Å². The number of nitriles is 1. The monoisotopic (exact) mass is 444 g/mol. The summed E-state index contributed by atoms with van der Waals surface area (Å²) in [7, 11) is 1.33. The minimum absolute atomic E-state index is 0.127. The van der Waals surface area contributed by atoms with Gasteiger partial charge in [-0.1, -0.05) is 28.1 Å². The molecule has 1 amide bonds. The van der Waals surface area contributed by atoms with Crippen molar-refractivity contribution in [3.8, 4) is 11.8 Å². The van der Waals surface area contributed by atoms with Crippen molar-refractivity contribution in [2.75, 3.05) is 19.0 Å². The quantitative estimate of drug-likeness (QED) is 0.211. The minimum atomic E-state index is -0.649. The molecule has 0 aliphatic carbocycles. The number of carbonyl (C=O) groups is 1. The summed E-state index contributed by atoms with van der Waals surface area (Å²) in [4.78, 5) is 22.6. The Labute approximate surface area is 170 Å². The fourth-order valence-corrected chi connectivity index (χ4v) is 2.76. The molecule has 0 heterocycles. The van der Waals surface area contributed by atoms with Crippen molar-refractivity contribution < 1.29 is 14.5 Å². The summed E-state index contributed by atoms with van der Waals surface area (Å²) in [5.41, 5.74) is 1.04. The first kappa shape index (κ1) is 20.9. The SMILES string of the molecule is COc1cc([N+](=O)[O-])ccc1NC(=O)/C(C#N)=C\NCCc1cccc(Br)c1. The number of nitro benzene ring substituents is 1. The number of non-ortho nitro benzene ring substituents is 1. The number of ether oxygens (including phenoxy) is 1. The minimum Gasteiger partial charge on any atom is -0.494 e. The first-order valence-electron chi connectivity index (χ1n) is 8.16. The number of halogens is 1. The van der Waals surface area contributed by atoms with Crippen LogP contribution in [-0.4, -0.2) is 24.5 Å². The van der Waals surface area contributed by atoms with Crippen LogP contribution < -0.4 is 15.4 Å². The molecule has 28 heavy (non-hydrogen) atoms. The van der Waals surface area contributed by atoms with Gasteiger partial charge in [-0.15, -0.1) is 0 Å². The highest BCUT2D eigenvalue weighted by molar-refractivity contribution is 9.10. The fraction of sp³-hybridized carbons (Fsp3) is 0.158. The van der Waals surface area contributed by atoms with Gasteiger partial charge in [-0.2, -0.15) is 5.26 Å². The lowest BCUT2D eigenvalue weighted by Gasteiger charge is -2.09. The van der Waals surface area contributed by atoms with Crippen LogP contribution in [0.4, 0.5) is 11.4 Å². The van der Waals surface area contributed by atoms with Gasteiger partial charge in [0.1, 0.15) is 17.4 Å². The van der Waals surface area contributed by atoms with Gasteiger partial charge in [-0.25, -0.2) is 0 Å². The average molecular weight is 445 g/mol. The number of rotatable bonds is 8. The summed E-state index contributed by atoms with van der Waals surface area (Å²) < 4.78 is 6.05. The standard InChI is InChI=1S/C19H17BrN4O4/c1-28-18-10-16(24(26)27)5-6-17(18)23-19(25)14(11-21)12-22-8-7-13-3-2-4-15(20)9-13/h2-6,9-10,12,22H,7-8H2,1H3,(H,23,25)/b14-12-. The molecule has 0 spiro atoms. The normalized spacial score (nSPS) is 10.7. The number of hydrogen-bond acceptors (Lipinski definition) is 6. The van der Waals surface area contributed by atoms with Crippen LogP contribution >= 0.6 is 15.9 Å². The van der Waals surface area contributed by atoms with Crippen LogP contribution in [0.2, 0.25) is 0 Å². The van der Waals surface area contributed by atoms with E-state index >= 15 is 0 Å². The summed E-state index contributed by atoms with van der Waals surface area (Å²) in [6.45, 7) is 0.537. The van der Waals surface area contributed by atoms with Gasteiger partial charge < -0.3 is 15.4 Å². The molecule has 0 fully saturated rings. The van der Waals surface area contributed by atoms with Crippen molar-refractivity contribution >= 4 is 33.2 Å². The second-order valence-corrected chi connectivity index (χ2v) is 6.52. The van der Waals surface area contributed by atoms with E-state index in [1.807, 2.05) is 30.3 Å². The number of hydrogen-bond donors (Lipinski definition) is 2. The predicted octanol–water partition coefficient (Wildman–Crippen LogP) is 3.54. The Kier molecular flexibility index (Phi) is 7.54. The molecule has 2 rings (SSSR count). The molecule has 0 aliphatic heterocycles. The van der Waals surface area contributed by atoms with Gasteiger partial charge in [0.2, 0.25) is 0 Å². The van der Waals surface area contributed by atoms with Crippen LogP contribution in [0.5, 0.6) is 5.75 Å². The smallest absolute Gasteiger partial charge is 0.273 e. The summed E-state index contributed by atoms with van der Waals surface area (Å²) in [6.07, 6.45) is 2.05. The first-order chi connectivity index (χ1) is 13.4. The van der Waals surface area contributed by atoms with Crippen LogP contribution in [0.15, 0.2) is 58.7 Å². The molecule has 0 aliphatic rings. The topological polar surface area (TPSA) is 117 Å². The fourth-order valence-electron chi connectivity index (χ4n) is 2.32. The van der Waals surface area contributed by atoms with Gasteiger partial charge in [0.15, 0.2) is 0 Å². The lowest BCUT2D eigenvalue weighted by atomic mass is 10.1. The number of nitrogens with zero attached hydrogens (tertiary/aromatic N) is 2. The highest BCUT2D eigenvalue weighted by Crippen LogP contribution is 2.29. The maximum atomic E-state index is 12.3. The number of nitro groups is 1. The molecule has 0 saturated heterocycles. The van der Waals surface area contributed by atoms with E-state index in [9.17, 15) is 20.2 Å². The zero-order chi connectivity index (χ0) is 20.5. The van der Waals surface area contributed by atoms with E-state index in [1.54, 1.807) is 0 Å². The van der Waals surface area contributed by atoms with Crippen molar-refractivity contribution in [1.82, 2.24) is 5.32 Å². The summed E-state index contributed by atoms with van der Waals surface area (Å²) in [6, 6.07) is 13.4. The van der Waals surface area contributed by atoms with Crippen LogP contribution in [0.25, 0.3) is 0 Å². The summed E-state index contributed by atoms with van der Waals surface area (Å²) in [5.74, 6) is -0.521. The number of benzene rings is 2. The van der Waals surface area contributed by atoms with E-state index in [-0.39, 0.29) is 22.7 Å². The van der Waals surface area contributed by atoms with Crippen LogP contribution in [0.3, 0.4) is 0 Å². The van der Waals surface area contributed by atoms with Crippen molar-refractivity contribution in [3.63, 3.8) is 0 Å². The van der Waals surface area contributed by atoms with Gasteiger partial charge in [-0.3, -0.25) is 14.9 Å². The molecular weight excluding hydrogens is 428 g/mol. The Morgan fingerprint density at radius 1 is 1.36 bits per heavy atom. The van der Waals surface area contributed by atoms with Gasteiger partial charge >= 0.3 is 0 Å². The molecule has 0 radical (unpaired) electrons. The molecule has 9 heteroatoms. The molecule has 2 aromatic rings. The highest BCUT2D eigenvalue weighted by Gasteiger charge is 2.15. The molecule has 0 bridgehead atoms. The predicted molar refractivity (Wildman–Crippen MR) is 108 cm³/mol. The van der Waals surface area contributed by atoms with Crippen molar-refractivity contribution in [2.45, 2.75) is 6.42 Å². The third-order valence-electron chi connectivity index (χ3n) is 3.70. The van der Waals surface area contributed by atoms with Crippen LogP contribution in [-0.2, 0) is 11.2 Å².